The lowest BCUT2D eigenvalue weighted by Gasteiger charge is -2.39. The number of allylic oxidation sites excluding steroid dienone is 3. The topological polar surface area (TPSA) is 20.3 Å². The van der Waals surface area contributed by atoms with Crippen LogP contribution in [0.25, 0.3) is 0 Å². The van der Waals surface area contributed by atoms with Gasteiger partial charge in [0.2, 0.25) is 5.91 Å². The third kappa shape index (κ3) is 3.51. The summed E-state index contributed by atoms with van der Waals surface area (Å²) in [6.07, 6.45) is 8.24. The van der Waals surface area contributed by atoms with E-state index in [9.17, 15) is 4.79 Å². The van der Waals surface area contributed by atoms with E-state index in [1.807, 2.05) is 11.8 Å². The Labute approximate surface area is 123 Å². The molecular formula is C17H29N2O+. The largest absolute Gasteiger partial charge is 0.325 e. The number of likely N-dealkylation sites (N-methyl/N-ethyl adjacent to an activating group) is 1. The minimum absolute atomic E-state index is 0.00429. The number of carbonyl (C=O) groups is 1. The van der Waals surface area contributed by atoms with Crippen LogP contribution >= 0.6 is 0 Å². The summed E-state index contributed by atoms with van der Waals surface area (Å²) in [5.41, 5.74) is 2.29. The number of likely N-dealkylation sites (tertiary alicyclic amines) is 1. The molecule has 3 heteroatoms. The first-order valence-corrected chi connectivity index (χ1v) is 7.93. The summed E-state index contributed by atoms with van der Waals surface area (Å²) in [6, 6.07) is 0. The maximum absolute atomic E-state index is 12.5. The van der Waals surface area contributed by atoms with Crippen molar-refractivity contribution in [2.75, 3.05) is 33.2 Å². The lowest BCUT2D eigenvalue weighted by molar-refractivity contribution is -0.913. The molecule has 1 amide bonds. The Morgan fingerprint density at radius 1 is 1.25 bits per heavy atom. The van der Waals surface area contributed by atoms with Crippen molar-refractivity contribution in [1.82, 2.24) is 4.90 Å². The molecule has 0 spiro atoms. The lowest BCUT2D eigenvalue weighted by atomic mass is 10.1. The highest BCUT2D eigenvalue weighted by Crippen LogP contribution is 2.21. The fraction of sp³-hybridized carbons (Fsp3) is 0.706. The first-order chi connectivity index (χ1) is 9.41. The lowest BCUT2D eigenvalue weighted by Crippen LogP contribution is -2.52. The molecule has 0 saturated carbocycles. The van der Waals surface area contributed by atoms with Crippen LogP contribution in [0.2, 0.25) is 0 Å². The van der Waals surface area contributed by atoms with E-state index < -0.39 is 0 Å². The molecule has 0 aromatic heterocycles. The van der Waals surface area contributed by atoms with Gasteiger partial charge in [0.1, 0.15) is 0 Å². The second-order valence-electron chi connectivity index (χ2n) is 6.83. The van der Waals surface area contributed by atoms with Gasteiger partial charge in [0, 0.05) is 5.70 Å². The van der Waals surface area contributed by atoms with Crippen LogP contribution in [-0.4, -0.2) is 48.5 Å². The fourth-order valence-electron chi connectivity index (χ4n) is 3.47. The molecule has 1 atom stereocenters. The normalized spacial score (nSPS) is 26.9. The van der Waals surface area contributed by atoms with Crippen LogP contribution in [0, 0.1) is 5.92 Å². The molecule has 3 nitrogen and oxygen atoms in total. The first kappa shape index (κ1) is 15.3. The molecular weight excluding hydrogens is 248 g/mol. The molecule has 2 heterocycles. The van der Waals surface area contributed by atoms with Crippen molar-refractivity contribution >= 4 is 5.91 Å². The Bertz CT molecular complexity index is 430. The highest BCUT2D eigenvalue weighted by molar-refractivity contribution is 5.82. The SMILES string of the molecule is CC1=C[C@H](C)C(=O)N(CC[N+]2(C)CCCCC2)C(C)=C1. The zero-order valence-electron chi connectivity index (χ0n) is 13.5. The van der Waals surface area contributed by atoms with Gasteiger partial charge in [0.25, 0.3) is 0 Å². The average molecular weight is 277 g/mol. The van der Waals surface area contributed by atoms with Gasteiger partial charge in [0.15, 0.2) is 0 Å². The van der Waals surface area contributed by atoms with Crippen LogP contribution in [0.5, 0.6) is 0 Å². The van der Waals surface area contributed by atoms with Crippen LogP contribution in [0.3, 0.4) is 0 Å². The average Bonchev–Trinajstić information content (AvgIpc) is 2.46. The number of nitrogens with zero attached hydrogens (tertiary/aromatic N) is 2. The number of carbonyl (C=O) groups excluding carboxylic acids is 1. The number of quaternary nitrogens is 1. The van der Waals surface area contributed by atoms with Gasteiger partial charge < -0.3 is 9.38 Å². The second-order valence-corrected chi connectivity index (χ2v) is 6.83. The zero-order chi connectivity index (χ0) is 14.8. The standard InChI is InChI=1S/C17H29N2O/c1-14-12-15(2)17(20)18(16(3)13-14)8-11-19(4)9-6-5-7-10-19/h12-13,15H,5-11H2,1-4H3/q+1/t15-/m0/s1. The van der Waals surface area contributed by atoms with Gasteiger partial charge in [0.05, 0.1) is 39.1 Å². The maximum Gasteiger partial charge on any atom is 0.233 e. The third-order valence-electron chi connectivity index (χ3n) is 4.79. The third-order valence-corrected chi connectivity index (χ3v) is 4.79. The molecule has 20 heavy (non-hydrogen) atoms. The Morgan fingerprint density at radius 3 is 2.55 bits per heavy atom. The van der Waals surface area contributed by atoms with Crippen molar-refractivity contribution in [2.24, 2.45) is 5.92 Å². The molecule has 2 aliphatic heterocycles. The van der Waals surface area contributed by atoms with Gasteiger partial charge in [-0.1, -0.05) is 18.6 Å². The van der Waals surface area contributed by atoms with Crippen LogP contribution < -0.4 is 0 Å². The summed E-state index contributed by atoms with van der Waals surface area (Å²) in [5.74, 6) is 0.245. The van der Waals surface area contributed by atoms with Crippen molar-refractivity contribution in [3.8, 4) is 0 Å². The van der Waals surface area contributed by atoms with Crippen molar-refractivity contribution in [1.29, 1.82) is 0 Å². The highest BCUT2D eigenvalue weighted by Gasteiger charge is 2.28. The van der Waals surface area contributed by atoms with Crippen LogP contribution in [0.15, 0.2) is 23.4 Å². The molecule has 0 aromatic rings. The van der Waals surface area contributed by atoms with E-state index in [2.05, 4.69) is 33.0 Å². The molecule has 1 fully saturated rings. The van der Waals surface area contributed by atoms with Gasteiger partial charge in [-0.25, -0.2) is 0 Å². The highest BCUT2D eigenvalue weighted by atomic mass is 16.2. The number of hydrogen-bond acceptors (Lipinski definition) is 1. The number of amides is 1. The van der Waals surface area contributed by atoms with E-state index in [-0.39, 0.29) is 11.8 Å². The maximum atomic E-state index is 12.5. The molecule has 112 valence electrons. The molecule has 0 unspecified atom stereocenters. The minimum atomic E-state index is -0.00429. The smallest absolute Gasteiger partial charge is 0.233 e. The van der Waals surface area contributed by atoms with Gasteiger partial charge in [-0.3, -0.25) is 4.79 Å². The molecule has 2 rings (SSSR count). The first-order valence-electron chi connectivity index (χ1n) is 7.93. The van der Waals surface area contributed by atoms with Crippen molar-refractivity contribution in [3.05, 3.63) is 23.4 Å². The molecule has 0 bridgehead atoms. The summed E-state index contributed by atoms with van der Waals surface area (Å²) >= 11 is 0. The van der Waals surface area contributed by atoms with E-state index in [0.29, 0.717) is 0 Å². The summed E-state index contributed by atoms with van der Waals surface area (Å²) in [5, 5.41) is 0. The zero-order valence-corrected chi connectivity index (χ0v) is 13.5. The van der Waals surface area contributed by atoms with Gasteiger partial charge in [-0.05, 0) is 39.2 Å². The fourth-order valence-corrected chi connectivity index (χ4v) is 3.47. The minimum Gasteiger partial charge on any atom is -0.325 e. The van der Waals surface area contributed by atoms with Gasteiger partial charge in [-0.15, -0.1) is 0 Å². The number of hydrogen-bond donors (Lipinski definition) is 0. The Balaban J connectivity index is 2.04. The van der Waals surface area contributed by atoms with E-state index in [0.717, 1.165) is 23.3 Å². The second kappa shape index (κ2) is 6.13. The monoisotopic (exact) mass is 277 g/mol. The summed E-state index contributed by atoms with van der Waals surface area (Å²) in [6.45, 7) is 10.6. The molecule has 1 saturated heterocycles. The Kier molecular flexibility index (Phi) is 4.69. The number of piperidine rings is 1. The van der Waals surface area contributed by atoms with E-state index in [1.165, 1.54) is 37.9 Å². The van der Waals surface area contributed by atoms with Crippen molar-refractivity contribution < 1.29 is 9.28 Å². The Morgan fingerprint density at radius 2 is 1.90 bits per heavy atom. The van der Waals surface area contributed by atoms with Crippen LogP contribution in [-0.2, 0) is 4.79 Å². The van der Waals surface area contributed by atoms with Gasteiger partial charge in [-0.2, -0.15) is 0 Å². The predicted molar refractivity (Wildman–Crippen MR) is 83.0 cm³/mol. The predicted octanol–water partition coefficient (Wildman–Crippen LogP) is 2.95. The van der Waals surface area contributed by atoms with Gasteiger partial charge >= 0.3 is 0 Å². The summed E-state index contributed by atoms with van der Waals surface area (Å²) < 4.78 is 1.12. The van der Waals surface area contributed by atoms with E-state index in [4.69, 9.17) is 0 Å². The molecule has 2 aliphatic rings. The molecule has 0 aliphatic carbocycles. The van der Waals surface area contributed by atoms with E-state index >= 15 is 0 Å². The van der Waals surface area contributed by atoms with Crippen LogP contribution in [0.4, 0.5) is 0 Å². The summed E-state index contributed by atoms with van der Waals surface area (Å²) in [7, 11) is 2.34. The molecule has 0 radical (unpaired) electrons. The summed E-state index contributed by atoms with van der Waals surface area (Å²) in [4.78, 5) is 14.5. The quantitative estimate of drug-likeness (QED) is 0.726. The van der Waals surface area contributed by atoms with Crippen molar-refractivity contribution in [2.45, 2.75) is 40.0 Å². The van der Waals surface area contributed by atoms with E-state index in [1.54, 1.807) is 0 Å². The molecule has 0 aromatic carbocycles. The number of rotatable bonds is 3. The Hall–Kier alpha value is -1.09. The van der Waals surface area contributed by atoms with Crippen LogP contribution in [0.1, 0.15) is 40.0 Å². The van der Waals surface area contributed by atoms with Crippen molar-refractivity contribution in [3.63, 3.8) is 0 Å². The molecule has 0 N–H and O–H groups in total.